The van der Waals surface area contributed by atoms with Crippen LogP contribution in [0.1, 0.15) is 18.1 Å². The zero-order chi connectivity index (χ0) is 28.9. The first-order chi connectivity index (χ1) is 19.9. The fourth-order valence-corrected chi connectivity index (χ4v) is 4.47. The second-order valence-electron chi connectivity index (χ2n) is 9.33. The van der Waals surface area contributed by atoms with Crippen molar-refractivity contribution in [2.75, 3.05) is 6.54 Å². The van der Waals surface area contributed by atoms with Crippen molar-refractivity contribution in [2.45, 2.75) is 13.5 Å². The Hall–Kier alpha value is -5.55. The van der Waals surface area contributed by atoms with Gasteiger partial charge in [0.05, 0.1) is 11.4 Å². The van der Waals surface area contributed by atoms with Gasteiger partial charge in [-0.2, -0.15) is 10.4 Å². The Bertz CT molecular complexity index is 1730. The lowest BCUT2D eigenvalue weighted by atomic mass is 9.93. The summed E-state index contributed by atoms with van der Waals surface area (Å²) in [6, 6.07) is 24.9. The largest absolute Gasteiger partial charge is 0.489 e. The van der Waals surface area contributed by atoms with Crippen LogP contribution in [-0.2, 0) is 16.2 Å². The number of carbonyl (C=O) groups is 2. The lowest BCUT2D eigenvalue weighted by Gasteiger charge is -2.26. The van der Waals surface area contributed by atoms with Gasteiger partial charge in [-0.05, 0) is 72.7 Å². The highest BCUT2D eigenvalue weighted by molar-refractivity contribution is 6.19. The van der Waals surface area contributed by atoms with Gasteiger partial charge in [0, 0.05) is 29.4 Å². The van der Waals surface area contributed by atoms with Gasteiger partial charge >= 0.3 is 0 Å². The molecule has 1 aliphatic heterocycles. The number of ether oxygens (including phenoxy) is 1. The molecule has 2 heterocycles. The molecule has 202 valence electrons. The minimum atomic E-state index is -0.636. The van der Waals surface area contributed by atoms with E-state index in [0.29, 0.717) is 22.6 Å². The first-order valence-electron chi connectivity index (χ1n) is 12.8. The van der Waals surface area contributed by atoms with Crippen molar-refractivity contribution in [2.24, 2.45) is 0 Å². The van der Waals surface area contributed by atoms with Gasteiger partial charge in [-0.1, -0.05) is 36.4 Å². The highest BCUT2D eigenvalue weighted by Crippen LogP contribution is 2.32. The standard InChI is InChI=1S/C33H25FN4O3/c1-3-17-37-32(39)29(22(2)30(19-35)33(37)40)18-25-20-38(27-7-5-4-6-8-27)36-31(25)24-11-15-28(16-12-24)41-21-23-9-13-26(34)14-10-23/h3-16,18,20H,1,17,21H2,2H3/b29-18+. The molecule has 4 aromatic rings. The Morgan fingerprint density at radius 2 is 1.71 bits per heavy atom. The highest BCUT2D eigenvalue weighted by atomic mass is 19.1. The van der Waals surface area contributed by atoms with Crippen LogP contribution >= 0.6 is 0 Å². The first-order valence-corrected chi connectivity index (χ1v) is 12.8. The van der Waals surface area contributed by atoms with Crippen molar-refractivity contribution in [3.05, 3.63) is 131 Å². The van der Waals surface area contributed by atoms with Crippen molar-refractivity contribution >= 4 is 17.9 Å². The summed E-state index contributed by atoms with van der Waals surface area (Å²) in [5.41, 5.74) is 4.11. The summed E-state index contributed by atoms with van der Waals surface area (Å²) < 4.78 is 20.8. The second-order valence-corrected chi connectivity index (χ2v) is 9.33. The summed E-state index contributed by atoms with van der Waals surface area (Å²) in [6.45, 7) is 5.50. The number of halogens is 1. The molecular formula is C33H25FN4O3. The van der Waals surface area contributed by atoms with Crippen LogP contribution in [-0.4, -0.2) is 33.0 Å². The Balaban J connectivity index is 1.54. The molecule has 1 aromatic heterocycles. The molecule has 41 heavy (non-hydrogen) atoms. The molecule has 3 aromatic carbocycles. The van der Waals surface area contributed by atoms with E-state index in [0.717, 1.165) is 21.7 Å². The molecule has 8 heteroatoms. The Kier molecular flexibility index (Phi) is 7.70. The highest BCUT2D eigenvalue weighted by Gasteiger charge is 2.35. The van der Waals surface area contributed by atoms with Crippen molar-refractivity contribution in [1.82, 2.24) is 14.7 Å². The molecule has 0 fully saturated rings. The van der Waals surface area contributed by atoms with Crippen molar-refractivity contribution in [3.63, 3.8) is 0 Å². The summed E-state index contributed by atoms with van der Waals surface area (Å²) in [5, 5.41) is 14.5. The number of amides is 2. The number of nitriles is 1. The van der Waals surface area contributed by atoms with E-state index in [1.807, 2.05) is 60.7 Å². The van der Waals surface area contributed by atoms with Gasteiger partial charge in [-0.3, -0.25) is 14.5 Å². The summed E-state index contributed by atoms with van der Waals surface area (Å²) in [7, 11) is 0. The number of para-hydroxylation sites is 1. The fourth-order valence-electron chi connectivity index (χ4n) is 4.47. The normalized spacial score (nSPS) is 14.4. The van der Waals surface area contributed by atoms with Gasteiger partial charge in [0.2, 0.25) is 0 Å². The molecule has 0 saturated carbocycles. The van der Waals surface area contributed by atoms with Crippen LogP contribution in [0, 0.1) is 17.1 Å². The Morgan fingerprint density at radius 1 is 1.00 bits per heavy atom. The summed E-state index contributed by atoms with van der Waals surface area (Å²) >= 11 is 0. The maximum atomic E-state index is 13.4. The molecule has 0 bridgehead atoms. The number of nitrogens with zero attached hydrogens (tertiary/aromatic N) is 4. The van der Waals surface area contributed by atoms with Crippen LogP contribution in [0.25, 0.3) is 23.0 Å². The third kappa shape index (κ3) is 5.60. The van der Waals surface area contributed by atoms with E-state index in [2.05, 4.69) is 6.58 Å². The van der Waals surface area contributed by atoms with Crippen LogP contribution in [0.2, 0.25) is 0 Å². The molecule has 2 amide bonds. The average molecular weight is 545 g/mol. The fraction of sp³-hybridized carbons (Fsp3) is 0.0909. The lowest BCUT2D eigenvalue weighted by Crippen LogP contribution is -2.42. The third-order valence-electron chi connectivity index (χ3n) is 6.65. The van der Waals surface area contributed by atoms with Crippen LogP contribution in [0.5, 0.6) is 5.75 Å². The van der Waals surface area contributed by atoms with Crippen molar-refractivity contribution in [3.8, 4) is 28.8 Å². The van der Waals surface area contributed by atoms with Gasteiger partial charge in [0.25, 0.3) is 11.8 Å². The number of hydrogen-bond acceptors (Lipinski definition) is 5. The molecular weight excluding hydrogens is 519 g/mol. The summed E-state index contributed by atoms with van der Waals surface area (Å²) in [4.78, 5) is 27.1. The van der Waals surface area contributed by atoms with Gasteiger partial charge < -0.3 is 4.74 Å². The van der Waals surface area contributed by atoms with E-state index in [9.17, 15) is 19.2 Å². The number of hydrogen-bond donors (Lipinski definition) is 0. The van der Waals surface area contributed by atoms with Crippen molar-refractivity contribution < 1.29 is 18.7 Å². The molecule has 0 spiro atoms. The van der Waals surface area contributed by atoms with Crippen LogP contribution in [0.4, 0.5) is 4.39 Å². The van der Waals surface area contributed by atoms with Gasteiger partial charge in [-0.15, -0.1) is 6.58 Å². The van der Waals surface area contributed by atoms with Gasteiger partial charge in [0.15, 0.2) is 0 Å². The number of rotatable bonds is 8. The Morgan fingerprint density at radius 3 is 2.37 bits per heavy atom. The SMILES string of the molecule is C=CCN1C(=O)C(C#N)=C(C)/C(=C\c2cn(-c3ccccc3)nc2-c2ccc(OCc3ccc(F)cc3)cc2)C1=O. The van der Waals surface area contributed by atoms with E-state index < -0.39 is 11.8 Å². The number of carbonyl (C=O) groups excluding carboxylic acids is 2. The molecule has 0 saturated heterocycles. The molecule has 0 unspecified atom stereocenters. The maximum Gasteiger partial charge on any atom is 0.271 e. The third-order valence-corrected chi connectivity index (χ3v) is 6.65. The van der Waals surface area contributed by atoms with E-state index in [1.54, 1.807) is 36.0 Å². The number of aromatic nitrogens is 2. The van der Waals surface area contributed by atoms with Crippen LogP contribution < -0.4 is 4.74 Å². The minimum Gasteiger partial charge on any atom is -0.489 e. The number of imide groups is 1. The van der Waals surface area contributed by atoms with Gasteiger partial charge in [-0.25, -0.2) is 9.07 Å². The predicted molar refractivity (Wildman–Crippen MR) is 153 cm³/mol. The topological polar surface area (TPSA) is 88.2 Å². The molecule has 1 aliphatic rings. The van der Waals surface area contributed by atoms with E-state index in [1.165, 1.54) is 18.2 Å². The van der Waals surface area contributed by atoms with Crippen LogP contribution in [0.15, 0.2) is 114 Å². The first kappa shape index (κ1) is 27.0. The van der Waals surface area contributed by atoms with Gasteiger partial charge in [0.1, 0.15) is 29.8 Å². The monoisotopic (exact) mass is 544 g/mol. The molecule has 0 radical (unpaired) electrons. The number of benzene rings is 3. The quantitative estimate of drug-likeness (QED) is 0.153. The zero-order valence-corrected chi connectivity index (χ0v) is 22.3. The maximum absolute atomic E-state index is 13.4. The zero-order valence-electron chi connectivity index (χ0n) is 22.3. The smallest absolute Gasteiger partial charge is 0.271 e. The van der Waals surface area contributed by atoms with E-state index in [-0.39, 0.29) is 30.1 Å². The molecule has 0 N–H and O–H groups in total. The minimum absolute atomic E-state index is 0.0109. The molecule has 0 atom stereocenters. The second kappa shape index (κ2) is 11.7. The van der Waals surface area contributed by atoms with Crippen molar-refractivity contribution in [1.29, 1.82) is 5.26 Å². The average Bonchev–Trinajstić information content (AvgIpc) is 3.42. The summed E-state index contributed by atoms with van der Waals surface area (Å²) in [5.74, 6) is -0.819. The van der Waals surface area contributed by atoms with E-state index >= 15 is 0 Å². The predicted octanol–water partition coefficient (Wildman–Crippen LogP) is 6.04. The van der Waals surface area contributed by atoms with E-state index in [4.69, 9.17) is 9.84 Å². The lowest BCUT2D eigenvalue weighted by molar-refractivity contribution is -0.139. The Labute approximate surface area is 236 Å². The summed E-state index contributed by atoms with van der Waals surface area (Å²) in [6.07, 6.45) is 4.91. The van der Waals surface area contributed by atoms with Crippen LogP contribution in [0.3, 0.4) is 0 Å². The molecule has 7 nitrogen and oxygen atoms in total. The molecule has 0 aliphatic carbocycles. The molecule has 5 rings (SSSR count).